The number of hydrogen-bond donors (Lipinski definition) is 2. The van der Waals surface area contributed by atoms with E-state index in [2.05, 4.69) is 9.44 Å². The normalized spacial score (nSPS) is 11.9. The minimum absolute atomic E-state index is 0.000569. The quantitative estimate of drug-likeness (QED) is 0.465. The zero-order valence-electron chi connectivity index (χ0n) is 15.7. The number of hydrogen-bond acceptors (Lipinski definition) is 4. The molecule has 0 bridgehead atoms. The van der Waals surface area contributed by atoms with E-state index in [1.165, 1.54) is 24.3 Å². The first kappa shape index (κ1) is 19.9. The maximum Gasteiger partial charge on any atom is 0.262 e. The predicted octanol–water partition coefficient (Wildman–Crippen LogP) is 4.44. The molecule has 0 spiro atoms. The van der Waals surface area contributed by atoms with Crippen LogP contribution in [0.3, 0.4) is 0 Å². The van der Waals surface area contributed by atoms with Gasteiger partial charge in [-0.25, -0.2) is 16.8 Å². The SMILES string of the molecule is O=S(=O)(Nc1ccccc1)c1cccc2c(S(=O)(=O)Nc3ccccc3)cccc12. The lowest BCUT2D eigenvalue weighted by Crippen LogP contribution is -2.15. The van der Waals surface area contributed by atoms with Crippen LogP contribution >= 0.6 is 0 Å². The van der Waals surface area contributed by atoms with Gasteiger partial charge in [-0.2, -0.15) is 0 Å². The van der Waals surface area contributed by atoms with Crippen LogP contribution < -0.4 is 9.44 Å². The minimum atomic E-state index is -3.93. The van der Waals surface area contributed by atoms with Crippen LogP contribution in [0, 0.1) is 0 Å². The predicted molar refractivity (Wildman–Crippen MR) is 118 cm³/mol. The molecule has 30 heavy (non-hydrogen) atoms. The van der Waals surface area contributed by atoms with Gasteiger partial charge in [-0.05, 0) is 36.4 Å². The zero-order chi connectivity index (χ0) is 21.2. The Morgan fingerprint density at radius 1 is 0.433 bits per heavy atom. The molecular weight excluding hydrogens is 420 g/mol. The fourth-order valence-corrected chi connectivity index (χ4v) is 5.72. The van der Waals surface area contributed by atoms with E-state index in [9.17, 15) is 16.8 Å². The second-order valence-corrected chi connectivity index (χ2v) is 9.85. The van der Waals surface area contributed by atoms with Gasteiger partial charge in [0.15, 0.2) is 0 Å². The van der Waals surface area contributed by atoms with E-state index in [1.54, 1.807) is 72.8 Å². The molecule has 0 saturated heterocycles. The number of benzene rings is 4. The highest BCUT2D eigenvalue weighted by atomic mass is 32.2. The van der Waals surface area contributed by atoms with Crippen molar-refractivity contribution in [2.45, 2.75) is 9.79 Å². The van der Waals surface area contributed by atoms with Crippen LogP contribution in [-0.2, 0) is 20.0 Å². The first-order chi connectivity index (χ1) is 14.4. The molecule has 6 nitrogen and oxygen atoms in total. The van der Waals surface area contributed by atoms with Gasteiger partial charge < -0.3 is 0 Å². The molecule has 0 radical (unpaired) electrons. The van der Waals surface area contributed by atoms with Crippen LogP contribution in [0.15, 0.2) is 107 Å². The van der Waals surface area contributed by atoms with Gasteiger partial charge >= 0.3 is 0 Å². The molecule has 4 rings (SSSR count). The van der Waals surface area contributed by atoms with Crippen molar-refractivity contribution in [3.8, 4) is 0 Å². The molecule has 0 heterocycles. The van der Waals surface area contributed by atoms with Crippen molar-refractivity contribution in [2.75, 3.05) is 9.44 Å². The van der Waals surface area contributed by atoms with Crippen molar-refractivity contribution in [1.29, 1.82) is 0 Å². The third-order valence-electron chi connectivity index (χ3n) is 4.47. The van der Waals surface area contributed by atoms with Crippen molar-refractivity contribution in [2.24, 2.45) is 0 Å². The second kappa shape index (κ2) is 7.81. The summed E-state index contributed by atoms with van der Waals surface area (Å²) in [6.45, 7) is 0. The average Bonchev–Trinajstić information content (AvgIpc) is 2.73. The third kappa shape index (κ3) is 4.00. The molecular formula is C22H18N2O4S2. The molecule has 8 heteroatoms. The van der Waals surface area contributed by atoms with Gasteiger partial charge in [-0.1, -0.05) is 60.7 Å². The van der Waals surface area contributed by atoms with Gasteiger partial charge in [-0.15, -0.1) is 0 Å². The van der Waals surface area contributed by atoms with E-state index < -0.39 is 20.0 Å². The molecule has 0 aliphatic rings. The number of para-hydroxylation sites is 2. The fraction of sp³-hybridized carbons (Fsp3) is 0. The highest BCUT2D eigenvalue weighted by Crippen LogP contribution is 2.30. The maximum absolute atomic E-state index is 13.0. The molecule has 0 fully saturated rings. The summed E-state index contributed by atoms with van der Waals surface area (Å²) in [6, 6.07) is 26.2. The molecule has 4 aromatic rings. The van der Waals surface area contributed by atoms with Gasteiger partial charge in [0.1, 0.15) is 0 Å². The monoisotopic (exact) mass is 438 g/mol. The summed E-state index contributed by atoms with van der Waals surface area (Å²) in [4.78, 5) is 0.00114. The Balaban J connectivity index is 1.80. The Morgan fingerprint density at radius 2 is 0.800 bits per heavy atom. The van der Waals surface area contributed by atoms with Gasteiger partial charge in [0, 0.05) is 22.1 Å². The summed E-state index contributed by atoms with van der Waals surface area (Å²) in [7, 11) is -7.85. The molecule has 0 unspecified atom stereocenters. The summed E-state index contributed by atoms with van der Waals surface area (Å²) in [5, 5.41) is 0.633. The van der Waals surface area contributed by atoms with E-state index in [1.807, 2.05) is 0 Å². The topological polar surface area (TPSA) is 92.3 Å². The van der Waals surface area contributed by atoms with E-state index in [0.29, 0.717) is 22.1 Å². The van der Waals surface area contributed by atoms with Crippen LogP contribution in [0.1, 0.15) is 0 Å². The van der Waals surface area contributed by atoms with Crippen LogP contribution in [-0.4, -0.2) is 16.8 Å². The number of rotatable bonds is 6. The molecule has 0 aliphatic carbocycles. The molecule has 0 aromatic heterocycles. The zero-order valence-corrected chi connectivity index (χ0v) is 17.3. The highest BCUT2D eigenvalue weighted by Gasteiger charge is 2.22. The van der Waals surface area contributed by atoms with Crippen molar-refractivity contribution in [3.63, 3.8) is 0 Å². The average molecular weight is 439 g/mol. The minimum Gasteiger partial charge on any atom is -0.280 e. The highest BCUT2D eigenvalue weighted by molar-refractivity contribution is 7.93. The lowest BCUT2D eigenvalue weighted by Gasteiger charge is -2.14. The fourth-order valence-electron chi connectivity index (χ4n) is 3.15. The van der Waals surface area contributed by atoms with Crippen LogP contribution in [0.25, 0.3) is 10.8 Å². The lowest BCUT2D eigenvalue weighted by molar-refractivity contribution is 0.599. The van der Waals surface area contributed by atoms with E-state index >= 15 is 0 Å². The van der Waals surface area contributed by atoms with Gasteiger partial charge in [0.25, 0.3) is 20.0 Å². The van der Waals surface area contributed by atoms with Gasteiger partial charge in [-0.3, -0.25) is 9.44 Å². The number of sulfonamides is 2. The van der Waals surface area contributed by atoms with Crippen molar-refractivity contribution < 1.29 is 16.8 Å². The standard InChI is InChI=1S/C22H18N2O4S2/c25-29(26,23-17-9-3-1-4-10-17)21-15-7-14-20-19(21)13-8-16-22(20)30(27,28)24-18-11-5-2-6-12-18/h1-16,23-24H. The molecule has 0 atom stereocenters. The Hall–Kier alpha value is -3.36. The van der Waals surface area contributed by atoms with Crippen LogP contribution in [0.5, 0.6) is 0 Å². The van der Waals surface area contributed by atoms with Crippen LogP contribution in [0.2, 0.25) is 0 Å². The number of nitrogens with one attached hydrogen (secondary N) is 2. The van der Waals surface area contributed by atoms with Gasteiger partial charge in [0.05, 0.1) is 9.79 Å². The summed E-state index contributed by atoms with van der Waals surface area (Å²) in [5.74, 6) is 0. The Morgan fingerprint density at radius 3 is 1.17 bits per heavy atom. The third-order valence-corrected chi connectivity index (χ3v) is 7.35. The van der Waals surface area contributed by atoms with Crippen molar-refractivity contribution in [3.05, 3.63) is 97.1 Å². The Bertz CT molecular complexity index is 1290. The maximum atomic E-state index is 13.0. The Labute approximate surface area is 175 Å². The van der Waals surface area contributed by atoms with E-state index in [4.69, 9.17) is 0 Å². The molecule has 4 aromatic carbocycles. The second-order valence-electron chi connectivity index (χ2n) is 6.55. The number of anilines is 2. The summed E-state index contributed by atoms with van der Waals surface area (Å²) in [5.41, 5.74) is 0.841. The summed E-state index contributed by atoms with van der Waals surface area (Å²) >= 11 is 0. The molecule has 152 valence electrons. The summed E-state index contributed by atoms with van der Waals surface area (Å²) < 4.78 is 57.0. The Kier molecular flexibility index (Phi) is 5.19. The smallest absolute Gasteiger partial charge is 0.262 e. The molecule has 2 N–H and O–H groups in total. The largest absolute Gasteiger partial charge is 0.280 e. The molecule has 0 amide bonds. The number of fused-ring (bicyclic) bond motifs is 1. The van der Waals surface area contributed by atoms with Crippen molar-refractivity contribution >= 4 is 42.2 Å². The van der Waals surface area contributed by atoms with E-state index in [0.717, 1.165) is 0 Å². The molecule has 0 aliphatic heterocycles. The van der Waals surface area contributed by atoms with E-state index in [-0.39, 0.29) is 9.79 Å². The van der Waals surface area contributed by atoms with Gasteiger partial charge in [0.2, 0.25) is 0 Å². The van der Waals surface area contributed by atoms with Crippen molar-refractivity contribution in [1.82, 2.24) is 0 Å². The summed E-state index contributed by atoms with van der Waals surface area (Å²) in [6.07, 6.45) is 0. The first-order valence-corrected chi connectivity index (χ1v) is 12.0. The first-order valence-electron chi connectivity index (χ1n) is 9.04. The van der Waals surface area contributed by atoms with Crippen LogP contribution in [0.4, 0.5) is 11.4 Å². The lowest BCUT2D eigenvalue weighted by atomic mass is 10.1. The molecule has 0 saturated carbocycles.